The molecule has 0 saturated carbocycles. The van der Waals surface area contributed by atoms with E-state index in [-0.39, 0.29) is 11.9 Å². The summed E-state index contributed by atoms with van der Waals surface area (Å²) in [5.41, 5.74) is 7.57. The van der Waals surface area contributed by atoms with E-state index in [1.807, 2.05) is 13.8 Å². The summed E-state index contributed by atoms with van der Waals surface area (Å²) in [6.45, 7) is 4.40. The first-order valence-corrected chi connectivity index (χ1v) is 5.92. The maximum absolute atomic E-state index is 12.1. The molecule has 2 rings (SSSR count). The Hall–Kier alpha value is -1.78. The predicted octanol–water partition coefficient (Wildman–Crippen LogP) is 1.24. The third-order valence-electron chi connectivity index (χ3n) is 3.03. The number of amides is 1. The summed E-state index contributed by atoms with van der Waals surface area (Å²) in [6, 6.07) is 0.197. The largest absolute Gasteiger partial charge is 0.395 e. The van der Waals surface area contributed by atoms with Crippen LogP contribution in [0.4, 0.5) is 5.69 Å². The molecule has 0 bridgehead atoms. The van der Waals surface area contributed by atoms with Crippen LogP contribution in [0.25, 0.3) is 0 Å². The lowest BCUT2D eigenvalue weighted by Gasteiger charge is -2.13. The molecule has 0 unspecified atom stereocenters. The molecular formula is C12H18N4O. The van der Waals surface area contributed by atoms with Crippen molar-refractivity contribution in [2.24, 2.45) is 0 Å². The minimum Gasteiger partial charge on any atom is -0.395 e. The second kappa shape index (κ2) is 4.61. The normalized spacial score (nSPS) is 15.4. The number of anilines is 1. The number of rotatable bonds is 3. The number of nitrogens with one attached hydrogen (secondary N) is 1. The van der Waals surface area contributed by atoms with Gasteiger partial charge in [0, 0.05) is 12.6 Å². The molecule has 1 aliphatic rings. The molecule has 1 aromatic rings. The van der Waals surface area contributed by atoms with Crippen molar-refractivity contribution < 1.29 is 4.79 Å². The number of aromatic nitrogens is 2. The van der Waals surface area contributed by atoms with Crippen molar-refractivity contribution in [1.29, 1.82) is 0 Å². The van der Waals surface area contributed by atoms with Crippen molar-refractivity contribution in [2.75, 3.05) is 5.73 Å². The van der Waals surface area contributed by atoms with Gasteiger partial charge in [-0.2, -0.15) is 5.10 Å². The Balaban J connectivity index is 2.17. The van der Waals surface area contributed by atoms with E-state index in [0.717, 1.165) is 12.8 Å². The summed E-state index contributed by atoms with van der Waals surface area (Å²) in [6.07, 6.45) is 5.95. The summed E-state index contributed by atoms with van der Waals surface area (Å²) in [4.78, 5) is 12.1. The first-order valence-electron chi connectivity index (χ1n) is 5.92. The minimum absolute atomic E-state index is 0.126. The van der Waals surface area contributed by atoms with Crippen molar-refractivity contribution in [1.82, 2.24) is 15.1 Å². The standard InChI is InChI=1S/C12H18N4O/c1-3-16-11(10(13)8(2)15-16)12(17)14-9-6-4-5-7-9/h4-5,9H,3,6-7,13H2,1-2H3,(H,14,17). The van der Waals surface area contributed by atoms with Crippen LogP contribution in [0.5, 0.6) is 0 Å². The fraction of sp³-hybridized carbons (Fsp3) is 0.500. The first kappa shape index (κ1) is 11.7. The summed E-state index contributed by atoms with van der Waals surface area (Å²) >= 11 is 0. The molecule has 3 N–H and O–H groups in total. The highest BCUT2D eigenvalue weighted by atomic mass is 16.2. The van der Waals surface area contributed by atoms with E-state index in [2.05, 4.69) is 22.6 Å². The highest BCUT2D eigenvalue weighted by molar-refractivity contribution is 5.98. The molecule has 17 heavy (non-hydrogen) atoms. The average Bonchev–Trinajstić information content (AvgIpc) is 2.88. The quantitative estimate of drug-likeness (QED) is 0.773. The van der Waals surface area contributed by atoms with Gasteiger partial charge in [-0.15, -0.1) is 0 Å². The molecule has 0 radical (unpaired) electrons. The van der Waals surface area contributed by atoms with Gasteiger partial charge in [-0.25, -0.2) is 0 Å². The zero-order valence-corrected chi connectivity index (χ0v) is 10.2. The number of carbonyl (C=O) groups is 1. The molecular weight excluding hydrogens is 216 g/mol. The van der Waals surface area contributed by atoms with Gasteiger partial charge in [0.2, 0.25) is 0 Å². The van der Waals surface area contributed by atoms with Crippen molar-refractivity contribution in [3.63, 3.8) is 0 Å². The third kappa shape index (κ3) is 2.18. The van der Waals surface area contributed by atoms with Crippen LogP contribution in [0.15, 0.2) is 12.2 Å². The zero-order valence-electron chi connectivity index (χ0n) is 10.2. The Bertz CT molecular complexity index is 453. The zero-order chi connectivity index (χ0) is 12.4. The molecule has 1 aromatic heterocycles. The van der Waals surface area contributed by atoms with Crippen LogP contribution in [-0.2, 0) is 6.54 Å². The molecule has 1 heterocycles. The van der Waals surface area contributed by atoms with Crippen molar-refractivity contribution in [2.45, 2.75) is 39.3 Å². The Kier molecular flexibility index (Phi) is 3.17. The summed E-state index contributed by atoms with van der Waals surface area (Å²) < 4.78 is 1.66. The summed E-state index contributed by atoms with van der Waals surface area (Å²) in [5.74, 6) is -0.126. The highest BCUT2D eigenvalue weighted by Crippen LogP contribution is 2.17. The third-order valence-corrected chi connectivity index (χ3v) is 3.03. The molecule has 92 valence electrons. The second-order valence-electron chi connectivity index (χ2n) is 4.28. The van der Waals surface area contributed by atoms with Gasteiger partial charge in [0.25, 0.3) is 5.91 Å². The van der Waals surface area contributed by atoms with Crippen LogP contribution < -0.4 is 11.1 Å². The lowest BCUT2D eigenvalue weighted by Crippen LogP contribution is -2.34. The lowest BCUT2D eigenvalue weighted by atomic mass is 10.2. The summed E-state index contributed by atoms with van der Waals surface area (Å²) in [7, 11) is 0. The molecule has 0 aliphatic heterocycles. The number of aryl methyl sites for hydroxylation is 2. The Morgan fingerprint density at radius 2 is 2.24 bits per heavy atom. The van der Waals surface area contributed by atoms with Gasteiger partial charge in [-0.1, -0.05) is 12.2 Å². The van der Waals surface area contributed by atoms with Crippen LogP contribution in [0, 0.1) is 6.92 Å². The number of nitrogens with zero attached hydrogens (tertiary/aromatic N) is 2. The second-order valence-corrected chi connectivity index (χ2v) is 4.28. The molecule has 0 aromatic carbocycles. The highest BCUT2D eigenvalue weighted by Gasteiger charge is 2.21. The fourth-order valence-electron chi connectivity index (χ4n) is 2.05. The van der Waals surface area contributed by atoms with E-state index >= 15 is 0 Å². The minimum atomic E-state index is -0.126. The predicted molar refractivity (Wildman–Crippen MR) is 66.7 cm³/mol. The van der Waals surface area contributed by atoms with Crippen LogP contribution in [0.1, 0.15) is 35.9 Å². The van der Waals surface area contributed by atoms with E-state index in [4.69, 9.17) is 5.73 Å². The SMILES string of the molecule is CCn1nc(C)c(N)c1C(=O)NC1CC=CC1. The number of nitrogen functional groups attached to an aromatic ring is 1. The van der Waals surface area contributed by atoms with Crippen molar-refractivity contribution >= 4 is 11.6 Å². The smallest absolute Gasteiger partial charge is 0.271 e. The maximum atomic E-state index is 12.1. The Morgan fingerprint density at radius 1 is 1.59 bits per heavy atom. The van der Waals surface area contributed by atoms with Crippen LogP contribution >= 0.6 is 0 Å². The Labute approximate surface area is 101 Å². The molecule has 0 fully saturated rings. The van der Waals surface area contributed by atoms with Gasteiger partial charge < -0.3 is 11.1 Å². The number of hydrogen-bond donors (Lipinski definition) is 2. The van der Waals surface area contributed by atoms with E-state index in [1.54, 1.807) is 4.68 Å². The van der Waals surface area contributed by atoms with E-state index in [9.17, 15) is 4.79 Å². The number of nitrogens with two attached hydrogens (primary N) is 1. The van der Waals surface area contributed by atoms with Crippen LogP contribution in [-0.4, -0.2) is 21.7 Å². The molecule has 5 heteroatoms. The molecule has 1 amide bonds. The van der Waals surface area contributed by atoms with E-state index in [0.29, 0.717) is 23.6 Å². The topological polar surface area (TPSA) is 72.9 Å². The average molecular weight is 234 g/mol. The van der Waals surface area contributed by atoms with Gasteiger partial charge in [0.05, 0.1) is 11.4 Å². The lowest BCUT2D eigenvalue weighted by molar-refractivity contribution is 0.0929. The molecule has 1 aliphatic carbocycles. The van der Waals surface area contributed by atoms with E-state index in [1.165, 1.54) is 0 Å². The van der Waals surface area contributed by atoms with Crippen LogP contribution in [0.2, 0.25) is 0 Å². The van der Waals surface area contributed by atoms with Crippen molar-refractivity contribution in [3.8, 4) is 0 Å². The van der Waals surface area contributed by atoms with Gasteiger partial charge in [0.15, 0.2) is 0 Å². The molecule has 0 spiro atoms. The first-order chi connectivity index (χ1) is 8.13. The van der Waals surface area contributed by atoms with Gasteiger partial charge in [0.1, 0.15) is 5.69 Å². The van der Waals surface area contributed by atoms with Crippen LogP contribution in [0.3, 0.4) is 0 Å². The maximum Gasteiger partial charge on any atom is 0.271 e. The Morgan fingerprint density at radius 3 is 2.82 bits per heavy atom. The van der Waals surface area contributed by atoms with Crippen molar-refractivity contribution in [3.05, 3.63) is 23.5 Å². The molecule has 0 atom stereocenters. The van der Waals surface area contributed by atoms with Gasteiger partial charge in [-0.3, -0.25) is 9.48 Å². The fourth-order valence-corrected chi connectivity index (χ4v) is 2.05. The number of carbonyl (C=O) groups excluding carboxylic acids is 1. The molecule has 5 nitrogen and oxygen atoms in total. The number of hydrogen-bond acceptors (Lipinski definition) is 3. The van der Waals surface area contributed by atoms with E-state index < -0.39 is 0 Å². The molecule has 0 saturated heterocycles. The van der Waals surface area contributed by atoms with Gasteiger partial charge in [-0.05, 0) is 26.7 Å². The monoisotopic (exact) mass is 234 g/mol. The summed E-state index contributed by atoms with van der Waals surface area (Å²) in [5, 5.41) is 7.22. The van der Waals surface area contributed by atoms with Gasteiger partial charge >= 0.3 is 0 Å².